The van der Waals surface area contributed by atoms with Gasteiger partial charge >= 0.3 is 0 Å². The quantitative estimate of drug-likeness (QED) is 0.778. The van der Waals surface area contributed by atoms with Crippen molar-refractivity contribution < 1.29 is 24.1 Å². The number of aliphatic hydroxyl groups is 1. The van der Waals surface area contributed by atoms with Gasteiger partial charge in [-0.2, -0.15) is 0 Å². The van der Waals surface area contributed by atoms with Crippen molar-refractivity contribution in [1.82, 2.24) is 9.97 Å². The van der Waals surface area contributed by atoms with Crippen LogP contribution in [0.15, 0.2) is 23.5 Å². The Hall–Kier alpha value is -2.87. The third-order valence-corrected chi connectivity index (χ3v) is 5.77. The molecule has 1 aliphatic carbocycles. The van der Waals surface area contributed by atoms with E-state index in [1.165, 1.54) is 6.33 Å². The zero-order valence-corrected chi connectivity index (χ0v) is 17.7. The summed E-state index contributed by atoms with van der Waals surface area (Å²) in [7, 11) is 4.74. The number of aliphatic hydroxyl groups excluding tert-OH is 1. The topological polar surface area (TPSA) is 95.3 Å². The summed E-state index contributed by atoms with van der Waals surface area (Å²) in [6, 6.07) is 3.99. The van der Waals surface area contributed by atoms with Gasteiger partial charge in [0.15, 0.2) is 11.5 Å². The Morgan fingerprint density at radius 3 is 2.37 bits per heavy atom. The Bertz CT molecular complexity index is 940. The van der Waals surface area contributed by atoms with E-state index in [2.05, 4.69) is 9.97 Å². The van der Waals surface area contributed by atoms with Crippen molar-refractivity contribution in [3.05, 3.63) is 35.2 Å². The molecule has 0 amide bonds. The van der Waals surface area contributed by atoms with Gasteiger partial charge < -0.3 is 24.1 Å². The highest BCUT2D eigenvalue weighted by Gasteiger charge is 2.39. The molecule has 0 radical (unpaired) electrons. The number of nitrogens with zero attached hydrogens (tertiary/aromatic N) is 3. The van der Waals surface area contributed by atoms with Crippen molar-refractivity contribution in [3.8, 4) is 23.3 Å². The minimum atomic E-state index is -0.336. The molecule has 1 fully saturated rings. The van der Waals surface area contributed by atoms with Crippen LogP contribution in [0.4, 0.5) is 0 Å². The minimum absolute atomic E-state index is 0.0355. The van der Waals surface area contributed by atoms with Gasteiger partial charge in [0.05, 0.1) is 45.8 Å². The lowest BCUT2D eigenvalue weighted by Crippen LogP contribution is -2.34. The summed E-state index contributed by atoms with van der Waals surface area (Å²) in [4.78, 5) is 13.6. The molecule has 3 atom stereocenters. The largest absolute Gasteiger partial charge is 0.493 e. The monoisotopic (exact) mass is 413 g/mol. The fraction of sp³-hybridized carbons (Fsp3) is 0.500. The molecular formula is C22H27N3O5. The second kappa shape index (κ2) is 8.47. The number of benzene rings is 1. The van der Waals surface area contributed by atoms with Crippen LogP contribution in [0.2, 0.25) is 0 Å². The average Bonchev–Trinajstić information content (AvgIpc) is 2.78. The zero-order valence-electron chi connectivity index (χ0n) is 17.7. The molecule has 0 unspecified atom stereocenters. The van der Waals surface area contributed by atoms with Crippen LogP contribution < -0.4 is 18.9 Å². The maximum atomic E-state index is 10.3. The Labute approximate surface area is 175 Å². The summed E-state index contributed by atoms with van der Waals surface area (Å²) in [5.41, 5.74) is 3.27. The molecule has 160 valence electrons. The van der Waals surface area contributed by atoms with E-state index in [0.29, 0.717) is 47.6 Å². The highest BCUT2D eigenvalue weighted by molar-refractivity contribution is 6.17. The zero-order chi connectivity index (χ0) is 21.3. The predicted octanol–water partition coefficient (Wildman–Crippen LogP) is 2.75. The van der Waals surface area contributed by atoms with Crippen molar-refractivity contribution in [2.75, 3.05) is 27.9 Å². The van der Waals surface area contributed by atoms with E-state index in [4.69, 9.17) is 23.9 Å². The van der Waals surface area contributed by atoms with Gasteiger partial charge in [-0.1, -0.05) is 0 Å². The van der Waals surface area contributed by atoms with Crippen molar-refractivity contribution in [2.45, 2.75) is 44.2 Å². The Balaban J connectivity index is 1.96. The van der Waals surface area contributed by atoms with Crippen molar-refractivity contribution in [3.63, 3.8) is 0 Å². The minimum Gasteiger partial charge on any atom is -0.493 e. The molecule has 2 aromatic rings. The summed E-state index contributed by atoms with van der Waals surface area (Å²) >= 11 is 0. The first-order chi connectivity index (χ1) is 14.6. The molecule has 4 rings (SSSR count). The van der Waals surface area contributed by atoms with Crippen molar-refractivity contribution >= 4 is 5.71 Å². The Kier molecular flexibility index (Phi) is 5.76. The standard InChI is InChI=1S/C22H27N3O5/c1-5-30-18-9-13-14-8-12(26)6-7-16(14)25-20(15(13)10-17(18)27-2)19-21(28-3)23-11-24-22(19)29-4/h9-12,14,16,26H,5-8H2,1-4H3/t12-,14-,16-/m1/s1. The van der Waals surface area contributed by atoms with Gasteiger partial charge in [-0.15, -0.1) is 0 Å². The van der Waals surface area contributed by atoms with E-state index in [9.17, 15) is 5.11 Å². The van der Waals surface area contributed by atoms with Crippen LogP contribution in [0.25, 0.3) is 0 Å². The Morgan fingerprint density at radius 2 is 1.73 bits per heavy atom. The number of aliphatic imine (C=N–C) groups is 1. The fourth-order valence-electron chi connectivity index (χ4n) is 4.44. The third-order valence-electron chi connectivity index (χ3n) is 5.77. The predicted molar refractivity (Wildman–Crippen MR) is 111 cm³/mol. The number of methoxy groups -OCH3 is 3. The molecule has 0 saturated heterocycles. The van der Waals surface area contributed by atoms with Gasteiger partial charge in [0.2, 0.25) is 11.8 Å². The lowest BCUT2D eigenvalue weighted by Gasteiger charge is -2.37. The number of rotatable bonds is 6. The molecule has 2 aliphatic rings. The molecule has 8 nitrogen and oxygen atoms in total. The normalized spacial score (nSPS) is 22.4. The van der Waals surface area contributed by atoms with Crippen LogP contribution in [0.3, 0.4) is 0 Å². The molecule has 1 saturated carbocycles. The first-order valence-electron chi connectivity index (χ1n) is 10.2. The Morgan fingerprint density at radius 1 is 1.00 bits per heavy atom. The highest BCUT2D eigenvalue weighted by Crippen LogP contribution is 2.46. The van der Waals surface area contributed by atoms with Crippen LogP contribution in [0, 0.1) is 0 Å². The van der Waals surface area contributed by atoms with Crippen LogP contribution in [-0.2, 0) is 0 Å². The third kappa shape index (κ3) is 3.45. The molecule has 30 heavy (non-hydrogen) atoms. The lowest BCUT2D eigenvalue weighted by atomic mass is 9.74. The van der Waals surface area contributed by atoms with Gasteiger partial charge in [0, 0.05) is 11.5 Å². The summed E-state index contributed by atoms with van der Waals surface area (Å²) in [6.07, 6.45) is 3.25. The van der Waals surface area contributed by atoms with E-state index < -0.39 is 0 Å². The molecular weight excluding hydrogens is 386 g/mol. The number of aromatic nitrogens is 2. The molecule has 2 heterocycles. The van der Waals surface area contributed by atoms with Gasteiger partial charge in [-0.25, -0.2) is 9.97 Å². The van der Waals surface area contributed by atoms with E-state index in [0.717, 1.165) is 24.0 Å². The lowest BCUT2D eigenvalue weighted by molar-refractivity contribution is 0.111. The average molecular weight is 413 g/mol. The molecule has 1 N–H and O–H groups in total. The van der Waals surface area contributed by atoms with Crippen LogP contribution in [0.1, 0.15) is 48.8 Å². The summed E-state index contributed by atoms with van der Waals surface area (Å²) < 4.78 is 22.5. The molecule has 1 aromatic carbocycles. The van der Waals surface area contributed by atoms with Gasteiger partial charge in [-0.3, -0.25) is 4.99 Å². The molecule has 0 bridgehead atoms. The molecule has 8 heteroatoms. The van der Waals surface area contributed by atoms with Crippen LogP contribution in [0.5, 0.6) is 23.3 Å². The first kappa shape index (κ1) is 20.4. The van der Waals surface area contributed by atoms with Crippen molar-refractivity contribution in [2.24, 2.45) is 4.99 Å². The van der Waals surface area contributed by atoms with E-state index in [-0.39, 0.29) is 18.1 Å². The SMILES string of the molecule is CCOc1cc2c(cc1OC)C(c1c(OC)ncnc1OC)=N[C@@H]1CC[C@@H](O)C[C@H]21. The summed E-state index contributed by atoms with van der Waals surface area (Å²) in [5, 5.41) is 10.3. The van der Waals surface area contributed by atoms with E-state index in [1.54, 1.807) is 21.3 Å². The number of hydrogen-bond donors (Lipinski definition) is 1. The number of fused-ring (bicyclic) bond motifs is 3. The van der Waals surface area contributed by atoms with E-state index >= 15 is 0 Å². The van der Waals surface area contributed by atoms with Crippen LogP contribution in [-0.4, -0.2) is 60.9 Å². The smallest absolute Gasteiger partial charge is 0.229 e. The van der Waals surface area contributed by atoms with Gasteiger partial charge in [0.1, 0.15) is 11.9 Å². The molecule has 1 aromatic heterocycles. The van der Waals surface area contributed by atoms with Gasteiger partial charge in [-0.05, 0) is 43.9 Å². The van der Waals surface area contributed by atoms with Crippen molar-refractivity contribution in [1.29, 1.82) is 0 Å². The van der Waals surface area contributed by atoms with E-state index in [1.807, 2.05) is 19.1 Å². The first-order valence-corrected chi connectivity index (χ1v) is 10.2. The maximum Gasteiger partial charge on any atom is 0.229 e. The number of hydrogen-bond acceptors (Lipinski definition) is 8. The summed E-state index contributed by atoms with van der Waals surface area (Å²) in [5.74, 6) is 2.19. The molecule has 1 aliphatic heterocycles. The maximum absolute atomic E-state index is 10.3. The van der Waals surface area contributed by atoms with Crippen LogP contribution >= 0.6 is 0 Å². The second-order valence-corrected chi connectivity index (χ2v) is 7.41. The fourth-order valence-corrected chi connectivity index (χ4v) is 4.44. The highest BCUT2D eigenvalue weighted by atomic mass is 16.5. The number of ether oxygens (including phenoxy) is 4. The molecule has 0 spiro atoms. The summed E-state index contributed by atoms with van der Waals surface area (Å²) in [6.45, 7) is 2.47. The van der Waals surface area contributed by atoms with Gasteiger partial charge in [0.25, 0.3) is 0 Å². The second-order valence-electron chi connectivity index (χ2n) is 7.41.